The Kier molecular flexibility index (Phi) is 5.70. The molecular weight excluding hydrogens is 411 g/mol. The van der Waals surface area contributed by atoms with Crippen LogP contribution in [0.1, 0.15) is 34.2 Å². The number of hydrogen-bond donors (Lipinski definition) is 0. The minimum atomic E-state index is -0.331. The summed E-state index contributed by atoms with van der Waals surface area (Å²) < 4.78 is 16.5. The molecule has 0 N–H and O–H groups in total. The Hall–Kier alpha value is -2.54. The van der Waals surface area contributed by atoms with Gasteiger partial charge in [-0.05, 0) is 57.2 Å². The maximum Gasteiger partial charge on any atom is 0.255 e. The van der Waals surface area contributed by atoms with E-state index in [-0.39, 0.29) is 18.3 Å². The van der Waals surface area contributed by atoms with E-state index in [4.69, 9.17) is 0 Å². The van der Waals surface area contributed by atoms with Crippen LogP contribution in [-0.4, -0.2) is 32.1 Å². The Morgan fingerprint density at radius 2 is 2.00 bits per heavy atom. The lowest BCUT2D eigenvalue weighted by molar-refractivity contribution is 0.0750. The molecule has 0 aliphatic rings. The topological polar surface area (TPSA) is 51.0 Å². The lowest BCUT2D eigenvalue weighted by Gasteiger charge is -2.21. The van der Waals surface area contributed by atoms with Gasteiger partial charge < -0.3 is 4.90 Å². The number of hydrogen-bond acceptors (Lipinski definition) is 3. The van der Waals surface area contributed by atoms with Crippen LogP contribution < -0.4 is 0 Å². The summed E-state index contributed by atoms with van der Waals surface area (Å²) in [4.78, 5) is 18.8. The third kappa shape index (κ3) is 4.24. The Morgan fingerprint density at radius 3 is 2.59 bits per heavy atom. The average molecular weight is 431 g/mol. The SMILES string of the molecule is CCN(Cc1cc(Br)ccc1F)C(=O)c1ccc(-n2nc(C)cc2C)nc1. The highest BCUT2D eigenvalue weighted by molar-refractivity contribution is 9.10. The van der Waals surface area contributed by atoms with Crippen molar-refractivity contribution in [3.8, 4) is 5.82 Å². The summed E-state index contributed by atoms with van der Waals surface area (Å²) in [6.07, 6.45) is 1.54. The first-order valence-electron chi connectivity index (χ1n) is 8.62. The van der Waals surface area contributed by atoms with Crippen LogP contribution in [0.25, 0.3) is 5.82 Å². The number of halogens is 2. The molecule has 7 heteroatoms. The molecule has 3 rings (SSSR count). The quantitative estimate of drug-likeness (QED) is 0.600. The van der Waals surface area contributed by atoms with E-state index in [0.29, 0.717) is 23.5 Å². The summed E-state index contributed by atoms with van der Waals surface area (Å²) >= 11 is 3.34. The molecule has 0 atom stereocenters. The molecule has 0 saturated carbocycles. The molecular formula is C20H20BrFN4O. The number of aromatic nitrogens is 3. The van der Waals surface area contributed by atoms with Crippen LogP contribution in [0.3, 0.4) is 0 Å². The molecule has 5 nitrogen and oxygen atoms in total. The van der Waals surface area contributed by atoms with Crippen molar-refractivity contribution >= 4 is 21.8 Å². The maximum atomic E-state index is 14.0. The van der Waals surface area contributed by atoms with Crippen molar-refractivity contribution in [1.82, 2.24) is 19.7 Å². The van der Waals surface area contributed by atoms with Gasteiger partial charge in [0.15, 0.2) is 5.82 Å². The van der Waals surface area contributed by atoms with Crippen LogP contribution >= 0.6 is 15.9 Å². The molecule has 2 aromatic heterocycles. The highest BCUT2D eigenvalue weighted by Crippen LogP contribution is 2.19. The van der Waals surface area contributed by atoms with E-state index in [9.17, 15) is 9.18 Å². The van der Waals surface area contributed by atoms with Crippen molar-refractivity contribution in [3.63, 3.8) is 0 Å². The van der Waals surface area contributed by atoms with Gasteiger partial charge in [0.25, 0.3) is 5.91 Å². The van der Waals surface area contributed by atoms with E-state index in [1.54, 1.807) is 33.8 Å². The molecule has 1 amide bonds. The van der Waals surface area contributed by atoms with Crippen LogP contribution in [0.2, 0.25) is 0 Å². The van der Waals surface area contributed by atoms with Crippen molar-refractivity contribution in [3.05, 3.63) is 75.4 Å². The monoisotopic (exact) mass is 430 g/mol. The summed E-state index contributed by atoms with van der Waals surface area (Å²) in [5, 5.41) is 4.39. The number of pyridine rings is 1. The second-order valence-corrected chi connectivity index (χ2v) is 7.21. The molecule has 0 fully saturated rings. The molecule has 0 aliphatic carbocycles. The summed E-state index contributed by atoms with van der Waals surface area (Å²) in [5.74, 6) is 0.130. The van der Waals surface area contributed by atoms with Crippen LogP contribution in [0.15, 0.2) is 47.1 Å². The number of nitrogens with zero attached hydrogens (tertiary/aromatic N) is 4. The van der Waals surface area contributed by atoms with Gasteiger partial charge in [0, 0.05) is 35.0 Å². The fourth-order valence-electron chi connectivity index (χ4n) is 2.88. The smallest absolute Gasteiger partial charge is 0.255 e. The molecule has 3 aromatic rings. The zero-order chi connectivity index (χ0) is 19.6. The van der Waals surface area contributed by atoms with Gasteiger partial charge >= 0.3 is 0 Å². The minimum Gasteiger partial charge on any atom is -0.334 e. The fourth-order valence-corrected chi connectivity index (χ4v) is 3.29. The van der Waals surface area contributed by atoms with Gasteiger partial charge in [-0.25, -0.2) is 14.1 Å². The Morgan fingerprint density at radius 1 is 1.22 bits per heavy atom. The minimum absolute atomic E-state index is 0.190. The number of benzene rings is 1. The highest BCUT2D eigenvalue weighted by Gasteiger charge is 2.17. The fraction of sp³-hybridized carbons (Fsp3) is 0.250. The van der Waals surface area contributed by atoms with Crippen molar-refractivity contribution in [1.29, 1.82) is 0 Å². The second-order valence-electron chi connectivity index (χ2n) is 6.30. The first-order valence-corrected chi connectivity index (χ1v) is 9.41. The van der Waals surface area contributed by atoms with E-state index < -0.39 is 0 Å². The molecule has 27 heavy (non-hydrogen) atoms. The summed E-state index contributed by atoms with van der Waals surface area (Å²) in [6, 6.07) is 10.2. The number of rotatable bonds is 5. The van der Waals surface area contributed by atoms with Gasteiger partial charge in [-0.3, -0.25) is 4.79 Å². The van der Waals surface area contributed by atoms with Gasteiger partial charge in [0.2, 0.25) is 0 Å². The van der Waals surface area contributed by atoms with Gasteiger partial charge in [0.1, 0.15) is 5.82 Å². The molecule has 0 saturated heterocycles. The summed E-state index contributed by atoms with van der Waals surface area (Å²) in [5.41, 5.74) is 2.80. The molecule has 2 heterocycles. The van der Waals surface area contributed by atoms with Crippen LogP contribution in [0.5, 0.6) is 0 Å². The van der Waals surface area contributed by atoms with E-state index >= 15 is 0 Å². The predicted molar refractivity (Wildman–Crippen MR) is 105 cm³/mol. The van der Waals surface area contributed by atoms with Crippen molar-refractivity contribution < 1.29 is 9.18 Å². The Bertz CT molecular complexity index is 969. The predicted octanol–water partition coefficient (Wildman–Crippen LogP) is 4.45. The molecule has 0 bridgehead atoms. The second kappa shape index (κ2) is 8.00. The standard InChI is InChI=1S/C20H20BrFN4O/c1-4-25(12-16-10-17(21)6-7-18(16)22)20(27)15-5-8-19(23-11-15)26-14(3)9-13(2)24-26/h5-11H,4,12H2,1-3H3. The molecule has 0 spiro atoms. The Balaban J connectivity index is 1.81. The molecule has 0 aliphatic heterocycles. The molecule has 0 unspecified atom stereocenters. The number of carbonyl (C=O) groups is 1. The van der Waals surface area contributed by atoms with Gasteiger partial charge in [-0.1, -0.05) is 15.9 Å². The normalized spacial score (nSPS) is 10.9. The zero-order valence-electron chi connectivity index (χ0n) is 15.4. The van der Waals surface area contributed by atoms with E-state index in [1.807, 2.05) is 26.8 Å². The average Bonchev–Trinajstić information content (AvgIpc) is 3.00. The van der Waals surface area contributed by atoms with Crippen molar-refractivity contribution in [2.45, 2.75) is 27.3 Å². The number of aryl methyl sites for hydroxylation is 2. The zero-order valence-corrected chi connectivity index (χ0v) is 17.0. The van der Waals surface area contributed by atoms with E-state index in [1.165, 1.54) is 12.3 Å². The lowest BCUT2D eigenvalue weighted by Crippen LogP contribution is -2.30. The molecule has 1 aromatic carbocycles. The summed E-state index contributed by atoms with van der Waals surface area (Å²) in [7, 11) is 0. The largest absolute Gasteiger partial charge is 0.334 e. The van der Waals surface area contributed by atoms with E-state index in [0.717, 1.165) is 15.9 Å². The number of carbonyl (C=O) groups excluding carboxylic acids is 1. The first-order chi connectivity index (χ1) is 12.9. The van der Waals surface area contributed by atoms with Crippen LogP contribution in [-0.2, 0) is 6.54 Å². The van der Waals surface area contributed by atoms with Crippen LogP contribution in [0, 0.1) is 19.7 Å². The number of amides is 1. The summed E-state index contributed by atoms with van der Waals surface area (Å²) in [6.45, 7) is 6.39. The first kappa shape index (κ1) is 19.2. The van der Waals surface area contributed by atoms with Gasteiger partial charge in [0.05, 0.1) is 11.3 Å². The molecule has 0 radical (unpaired) electrons. The van der Waals surface area contributed by atoms with Crippen molar-refractivity contribution in [2.24, 2.45) is 0 Å². The lowest BCUT2D eigenvalue weighted by atomic mass is 10.1. The van der Waals surface area contributed by atoms with Gasteiger partial charge in [-0.15, -0.1) is 0 Å². The maximum absolute atomic E-state index is 14.0. The van der Waals surface area contributed by atoms with Gasteiger partial charge in [-0.2, -0.15) is 5.10 Å². The third-order valence-corrected chi connectivity index (χ3v) is 4.75. The van der Waals surface area contributed by atoms with Crippen molar-refractivity contribution in [2.75, 3.05) is 6.54 Å². The van der Waals surface area contributed by atoms with E-state index in [2.05, 4.69) is 26.0 Å². The third-order valence-electron chi connectivity index (χ3n) is 4.26. The van der Waals surface area contributed by atoms with Crippen LogP contribution in [0.4, 0.5) is 4.39 Å². The molecule has 140 valence electrons. The Labute approximate surface area is 166 Å². The highest BCUT2D eigenvalue weighted by atomic mass is 79.9.